The Kier molecular flexibility index (Phi) is 4.95. The highest BCUT2D eigenvalue weighted by Crippen LogP contribution is 2.23. The van der Waals surface area contributed by atoms with E-state index < -0.39 is 0 Å². The van der Waals surface area contributed by atoms with Crippen molar-refractivity contribution in [2.24, 2.45) is 0 Å². The van der Waals surface area contributed by atoms with Crippen LogP contribution in [0.1, 0.15) is 25.8 Å². The van der Waals surface area contributed by atoms with Crippen LogP contribution in [0, 0.1) is 6.92 Å². The van der Waals surface area contributed by atoms with Gasteiger partial charge in [-0.1, -0.05) is 28.9 Å². The van der Waals surface area contributed by atoms with Crippen LogP contribution in [-0.4, -0.2) is 16.0 Å². The van der Waals surface area contributed by atoms with E-state index in [2.05, 4.69) is 63.4 Å². The predicted molar refractivity (Wildman–Crippen MR) is 87.6 cm³/mol. The first-order valence-electron chi connectivity index (χ1n) is 6.70. The Labute approximate surface area is 128 Å². The van der Waals surface area contributed by atoms with Crippen LogP contribution in [0.5, 0.6) is 0 Å². The summed E-state index contributed by atoms with van der Waals surface area (Å²) < 4.78 is 1.08. The summed E-state index contributed by atoms with van der Waals surface area (Å²) in [5, 5.41) is 6.62. The summed E-state index contributed by atoms with van der Waals surface area (Å²) in [5.74, 6) is 1.62. The van der Waals surface area contributed by atoms with Crippen molar-refractivity contribution in [1.29, 1.82) is 0 Å². The van der Waals surface area contributed by atoms with E-state index in [1.54, 1.807) is 6.33 Å². The zero-order valence-corrected chi connectivity index (χ0v) is 13.5. The number of aryl methyl sites for hydroxylation is 1. The third kappa shape index (κ3) is 3.93. The number of benzene rings is 1. The highest BCUT2D eigenvalue weighted by molar-refractivity contribution is 9.10. The number of hydrogen-bond donors (Lipinski definition) is 2. The Morgan fingerprint density at radius 2 is 1.95 bits per heavy atom. The Hall–Kier alpha value is -1.62. The van der Waals surface area contributed by atoms with Gasteiger partial charge >= 0.3 is 0 Å². The maximum Gasteiger partial charge on any atom is 0.135 e. The summed E-state index contributed by atoms with van der Waals surface area (Å²) in [5.41, 5.74) is 2.20. The third-order valence-electron chi connectivity index (χ3n) is 3.12. The van der Waals surface area contributed by atoms with Crippen LogP contribution in [0.15, 0.2) is 35.1 Å². The van der Waals surface area contributed by atoms with Gasteiger partial charge in [-0.05, 0) is 38.0 Å². The van der Waals surface area contributed by atoms with E-state index in [1.807, 2.05) is 18.2 Å². The summed E-state index contributed by atoms with van der Waals surface area (Å²) in [7, 11) is 0. The van der Waals surface area contributed by atoms with Gasteiger partial charge < -0.3 is 10.6 Å². The highest BCUT2D eigenvalue weighted by Gasteiger charge is 2.03. The number of nitrogens with zero attached hydrogens (tertiary/aromatic N) is 2. The molecule has 20 heavy (non-hydrogen) atoms. The molecular formula is C15H19BrN4. The number of halogens is 1. The molecule has 1 atom stereocenters. The zero-order valence-electron chi connectivity index (χ0n) is 11.9. The minimum Gasteiger partial charge on any atom is -0.367 e. The Balaban J connectivity index is 2.12. The van der Waals surface area contributed by atoms with E-state index in [4.69, 9.17) is 0 Å². The average molecular weight is 335 g/mol. The van der Waals surface area contributed by atoms with E-state index in [9.17, 15) is 0 Å². The summed E-state index contributed by atoms with van der Waals surface area (Å²) in [6.07, 6.45) is 2.62. The molecule has 1 heterocycles. The topological polar surface area (TPSA) is 49.8 Å². The summed E-state index contributed by atoms with van der Waals surface area (Å²) in [6.45, 7) is 6.33. The van der Waals surface area contributed by atoms with E-state index >= 15 is 0 Å². The van der Waals surface area contributed by atoms with Gasteiger partial charge in [0.2, 0.25) is 0 Å². The van der Waals surface area contributed by atoms with Gasteiger partial charge in [-0.15, -0.1) is 0 Å². The fraction of sp³-hybridized carbons (Fsp3) is 0.333. The molecule has 106 valence electrons. The van der Waals surface area contributed by atoms with Gasteiger partial charge in [0.05, 0.1) is 0 Å². The molecule has 2 aromatic rings. The Bertz CT molecular complexity index is 586. The summed E-state index contributed by atoms with van der Waals surface area (Å²) in [4.78, 5) is 8.47. The van der Waals surface area contributed by atoms with Crippen molar-refractivity contribution in [2.45, 2.75) is 33.2 Å². The number of aromatic nitrogens is 2. The summed E-state index contributed by atoms with van der Waals surface area (Å²) in [6, 6.07) is 8.45. The van der Waals surface area contributed by atoms with Crippen molar-refractivity contribution < 1.29 is 0 Å². The molecule has 0 bridgehead atoms. The Morgan fingerprint density at radius 1 is 1.20 bits per heavy atom. The molecule has 0 saturated carbocycles. The van der Waals surface area contributed by atoms with E-state index in [0.29, 0.717) is 6.04 Å². The van der Waals surface area contributed by atoms with Crippen LogP contribution in [0.2, 0.25) is 0 Å². The molecule has 1 unspecified atom stereocenters. The van der Waals surface area contributed by atoms with Gasteiger partial charge in [0, 0.05) is 22.3 Å². The van der Waals surface area contributed by atoms with E-state index in [1.165, 1.54) is 5.56 Å². The predicted octanol–water partition coefficient (Wildman–Crippen LogP) is 4.50. The van der Waals surface area contributed by atoms with Crippen LogP contribution < -0.4 is 10.6 Å². The molecule has 2 N–H and O–H groups in total. The minimum absolute atomic E-state index is 0.395. The van der Waals surface area contributed by atoms with Crippen LogP contribution in [0.4, 0.5) is 17.3 Å². The normalized spacial score (nSPS) is 12.0. The molecule has 0 aliphatic heterocycles. The lowest BCUT2D eigenvalue weighted by molar-refractivity contribution is 0.758. The Morgan fingerprint density at radius 3 is 2.65 bits per heavy atom. The molecular weight excluding hydrogens is 316 g/mol. The second-order valence-corrected chi connectivity index (χ2v) is 5.69. The minimum atomic E-state index is 0.395. The molecule has 0 spiro atoms. The van der Waals surface area contributed by atoms with Gasteiger partial charge in [-0.2, -0.15) is 0 Å². The molecule has 0 amide bonds. The molecule has 1 aromatic carbocycles. The number of anilines is 3. The van der Waals surface area contributed by atoms with Crippen molar-refractivity contribution in [3.63, 3.8) is 0 Å². The second-order valence-electron chi connectivity index (χ2n) is 4.83. The monoisotopic (exact) mass is 334 g/mol. The van der Waals surface area contributed by atoms with E-state index in [0.717, 1.165) is 28.2 Å². The van der Waals surface area contributed by atoms with Crippen molar-refractivity contribution in [3.8, 4) is 0 Å². The SMILES string of the molecule is CCC(C)Nc1cc(Nc2ccc(C)c(Br)c2)ncn1. The number of nitrogens with one attached hydrogen (secondary N) is 2. The van der Waals surface area contributed by atoms with Gasteiger partial charge in [-0.3, -0.25) is 0 Å². The van der Waals surface area contributed by atoms with Gasteiger partial charge in [0.25, 0.3) is 0 Å². The quantitative estimate of drug-likeness (QED) is 0.845. The molecule has 0 radical (unpaired) electrons. The van der Waals surface area contributed by atoms with Crippen molar-refractivity contribution in [1.82, 2.24) is 9.97 Å². The lowest BCUT2D eigenvalue weighted by Crippen LogP contribution is -2.14. The first-order valence-corrected chi connectivity index (χ1v) is 7.49. The lowest BCUT2D eigenvalue weighted by Gasteiger charge is -2.13. The second kappa shape index (κ2) is 6.70. The van der Waals surface area contributed by atoms with Gasteiger partial charge in [0.15, 0.2) is 0 Å². The maximum absolute atomic E-state index is 4.24. The van der Waals surface area contributed by atoms with Gasteiger partial charge in [0.1, 0.15) is 18.0 Å². The first kappa shape index (κ1) is 14.8. The molecule has 2 rings (SSSR count). The van der Waals surface area contributed by atoms with Crippen molar-refractivity contribution in [2.75, 3.05) is 10.6 Å². The molecule has 4 nitrogen and oxygen atoms in total. The molecule has 0 fully saturated rings. The number of hydrogen-bond acceptors (Lipinski definition) is 4. The molecule has 0 aliphatic carbocycles. The fourth-order valence-corrected chi connectivity index (χ4v) is 2.06. The lowest BCUT2D eigenvalue weighted by atomic mass is 10.2. The average Bonchev–Trinajstić information content (AvgIpc) is 2.43. The van der Waals surface area contributed by atoms with Crippen molar-refractivity contribution >= 4 is 33.3 Å². The standard InChI is InChI=1S/C15H19BrN4/c1-4-11(3)19-14-8-15(18-9-17-14)20-12-6-5-10(2)13(16)7-12/h5-9,11H,4H2,1-3H3,(H2,17,18,19,20). The molecule has 0 aliphatic rings. The number of rotatable bonds is 5. The maximum atomic E-state index is 4.24. The van der Waals surface area contributed by atoms with Crippen LogP contribution in [-0.2, 0) is 0 Å². The molecule has 5 heteroatoms. The first-order chi connectivity index (χ1) is 9.58. The molecule has 0 saturated heterocycles. The smallest absolute Gasteiger partial charge is 0.135 e. The van der Waals surface area contributed by atoms with E-state index in [-0.39, 0.29) is 0 Å². The van der Waals surface area contributed by atoms with Crippen LogP contribution >= 0.6 is 15.9 Å². The largest absolute Gasteiger partial charge is 0.367 e. The zero-order chi connectivity index (χ0) is 14.5. The summed E-state index contributed by atoms with van der Waals surface area (Å²) >= 11 is 3.53. The van der Waals surface area contributed by atoms with Crippen LogP contribution in [0.25, 0.3) is 0 Å². The molecule has 1 aromatic heterocycles. The van der Waals surface area contributed by atoms with Gasteiger partial charge in [-0.25, -0.2) is 9.97 Å². The highest BCUT2D eigenvalue weighted by atomic mass is 79.9. The third-order valence-corrected chi connectivity index (χ3v) is 3.97. The van der Waals surface area contributed by atoms with Crippen LogP contribution in [0.3, 0.4) is 0 Å². The fourth-order valence-electron chi connectivity index (χ4n) is 1.68. The van der Waals surface area contributed by atoms with Crippen molar-refractivity contribution in [3.05, 3.63) is 40.6 Å².